The van der Waals surface area contributed by atoms with Crippen molar-refractivity contribution in [3.05, 3.63) is 75.6 Å². The van der Waals surface area contributed by atoms with Gasteiger partial charge >= 0.3 is 5.97 Å². The lowest BCUT2D eigenvalue weighted by Gasteiger charge is -2.07. The SMILES string of the molecule is CCOCN=C(c1ccc(OC)cc1)c1cc(CC(=O)OCC)c(-c2ccc(Cl)cc2)s1. The summed E-state index contributed by atoms with van der Waals surface area (Å²) in [6.07, 6.45) is 0.184. The third-order valence-electron chi connectivity index (χ3n) is 4.67. The number of hydrogen-bond acceptors (Lipinski definition) is 6. The van der Waals surface area contributed by atoms with Gasteiger partial charge in [0.05, 0.1) is 30.7 Å². The van der Waals surface area contributed by atoms with Crippen molar-refractivity contribution in [3.63, 3.8) is 0 Å². The summed E-state index contributed by atoms with van der Waals surface area (Å²) in [5.74, 6) is 0.512. The maximum absolute atomic E-state index is 12.3. The fourth-order valence-electron chi connectivity index (χ4n) is 3.15. The second kappa shape index (κ2) is 11.8. The number of halogens is 1. The molecule has 7 heteroatoms. The van der Waals surface area contributed by atoms with Gasteiger partial charge in [-0.2, -0.15) is 0 Å². The van der Waals surface area contributed by atoms with E-state index in [-0.39, 0.29) is 19.1 Å². The van der Waals surface area contributed by atoms with Crippen molar-refractivity contribution in [2.24, 2.45) is 4.99 Å². The Balaban J connectivity index is 2.07. The van der Waals surface area contributed by atoms with E-state index < -0.39 is 0 Å². The molecule has 1 heterocycles. The van der Waals surface area contributed by atoms with Crippen LogP contribution in [0.15, 0.2) is 59.6 Å². The minimum Gasteiger partial charge on any atom is -0.497 e. The molecule has 0 saturated carbocycles. The Morgan fingerprint density at radius 1 is 1.03 bits per heavy atom. The summed E-state index contributed by atoms with van der Waals surface area (Å²) in [6, 6.07) is 17.4. The molecule has 0 aliphatic rings. The van der Waals surface area contributed by atoms with Gasteiger partial charge < -0.3 is 14.2 Å². The van der Waals surface area contributed by atoms with E-state index >= 15 is 0 Å². The molecule has 3 aromatic rings. The Labute approximate surface area is 197 Å². The number of nitrogens with zero attached hydrogens (tertiary/aromatic N) is 1. The van der Waals surface area contributed by atoms with Crippen LogP contribution in [-0.2, 0) is 20.7 Å². The maximum Gasteiger partial charge on any atom is 0.310 e. The van der Waals surface area contributed by atoms with Gasteiger partial charge in [-0.05, 0) is 67.4 Å². The lowest BCUT2D eigenvalue weighted by atomic mass is 10.0. The first-order chi connectivity index (χ1) is 15.5. The highest BCUT2D eigenvalue weighted by atomic mass is 35.5. The minimum absolute atomic E-state index is 0.184. The zero-order chi connectivity index (χ0) is 22.9. The number of ether oxygens (including phenoxy) is 3. The number of thiophene rings is 1. The molecular formula is C25H26ClNO4S. The van der Waals surface area contributed by atoms with E-state index in [9.17, 15) is 4.79 Å². The predicted octanol–water partition coefficient (Wildman–Crippen LogP) is 6.01. The molecule has 2 aromatic carbocycles. The third-order valence-corrected chi connectivity index (χ3v) is 6.16. The molecule has 0 atom stereocenters. The number of benzene rings is 2. The van der Waals surface area contributed by atoms with E-state index in [0.29, 0.717) is 18.2 Å². The number of carbonyl (C=O) groups is 1. The van der Waals surface area contributed by atoms with Crippen molar-refractivity contribution in [2.75, 3.05) is 27.1 Å². The summed E-state index contributed by atoms with van der Waals surface area (Å²) >= 11 is 7.66. The van der Waals surface area contributed by atoms with Crippen LogP contribution in [-0.4, -0.2) is 38.7 Å². The number of hydrogen-bond donors (Lipinski definition) is 0. The van der Waals surface area contributed by atoms with E-state index in [0.717, 1.165) is 37.9 Å². The molecular weight excluding hydrogens is 446 g/mol. The molecule has 168 valence electrons. The van der Waals surface area contributed by atoms with Gasteiger partial charge in [-0.25, -0.2) is 0 Å². The summed E-state index contributed by atoms with van der Waals surface area (Å²) in [5, 5.41) is 0.662. The first-order valence-electron chi connectivity index (χ1n) is 10.4. The van der Waals surface area contributed by atoms with Crippen LogP contribution in [0.4, 0.5) is 0 Å². The van der Waals surface area contributed by atoms with Gasteiger partial charge in [0.2, 0.25) is 0 Å². The van der Waals surface area contributed by atoms with Gasteiger partial charge in [0.15, 0.2) is 0 Å². The van der Waals surface area contributed by atoms with Gasteiger partial charge in [-0.3, -0.25) is 9.79 Å². The minimum atomic E-state index is -0.260. The zero-order valence-electron chi connectivity index (χ0n) is 18.4. The quantitative estimate of drug-likeness (QED) is 0.206. The topological polar surface area (TPSA) is 57.1 Å². The van der Waals surface area contributed by atoms with E-state index in [1.807, 2.05) is 61.5 Å². The van der Waals surface area contributed by atoms with Crippen molar-refractivity contribution < 1.29 is 19.0 Å². The average Bonchev–Trinajstić information content (AvgIpc) is 3.20. The van der Waals surface area contributed by atoms with Crippen molar-refractivity contribution >= 4 is 34.6 Å². The second-order valence-electron chi connectivity index (χ2n) is 6.81. The maximum atomic E-state index is 12.3. The fraction of sp³-hybridized carbons (Fsp3) is 0.280. The first-order valence-corrected chi connectivity index (χ1v) is 11.6. The lowest BCUT2D eigenvalue weighted by molar-refractivity contribution is -0.142. The largest absolute Gasteiger partial charge is 0.497 e. The number of esters is 1. The number of carbonyl (C=O) groups excluding carboxylic acids is 1. The number of aliphatic imine (C=N–C) groups is 1. The molecule has 0 N–H and O–H groups in total. The molecule has 0 unspecified atom stereocenters. The molecule has 1 aromatic heterocycles. The fourth-order valence-corrected chi connectivity index (χ4v) is 4.49. The molecule has 32 heavy (non-hydrogen) atoms. The van der Waals surface area contributed by atoms with Crippen LogP contribution in [0.1, 0.15) is 29.9 Å². The normalized spacial score (nSPS) is 11.4. The molecule has 3 rings (SSSR count). The number of methoxy groups -OCH3 is 1. The highest BCUT2D eigenvalue weighted by molar-refractivity contribution is 7.17. The van der Waals surface area contributed by atoms with E-state index in [4.69, 9.17) is 30.8 Å². The molecule has 0 saturated heterocycles. The summed E-state index contributed by atoms with van der Waals surface area (Å²) < 4.78 is 16.0. The number of rotatable bonds is 10. The Hall–Kier alpha value is -2.67. The van der Waals surface area contributed by atoms with Crippen molar-refractivity contribution in [2.45, 2.75) is 20.3 Å². The Morgan fingerprint density at radius 3 is 2.38 bits per heavy atom. The molecule has 0 amide bonds. The van der Waals surface area contributed by atoms with Crippen LogP contribution in [0.5, 0.6) is 5.75 Å². The van der Waals surface area contributed by atoms with Gasteiger partial charge in [0.25, 0.3) is 0 Å². The van der Waals surface area contributed by atoms with Crippen LogP contribution in [0.25, 0.3) is 10.4 Å². The van der Waals surface area contributed by atoms with Crippen molar-refractivity contribution in [3.8, 4) is 16.2 Å². The van der Waals surface area contributed by atoms with Gasteiger partial charge in [0.1, 0.15) is 12.5 Å². The predicted molar refractivity (Wildman–Crippen MR) is 130 cm³/mol. The molecule has 0 fully saturated rings. The van der Waals surface area contributed by atoms with Crippen LogP contribution in [0, 0.1) is 0 Å². The van der Waals surface area contributed by atoms with Gasteiger partial charge in [-0.15, -0.1) is 11.3 Å². The summed E-state index contributed by atoms with van der Waals surface area (Å²) in [5.41, 5.74) is 3.63. The Kier molecular flexibility index (Phi) is 8.85. The Bertz CT molecular complexity index is 1060. The zero-order valence-corrected chi connectivity index (χ0v) is 20.0. The monoisotopic (exact) mass is 471 g/mol. The Morgan fingerprint density at radius 2 is 1.75 bits per heavy atom. The van der Waals surface area contributed by atoms with Crippen LogP contribution < -0.4 is 4.74 Å². The molecule has 0 bridgehead atoms. The summed E-state index contributed by atoms with van der Waals surface area (Å²) in [7, 11) is 1.64. The van der Waals surface area contributed by atoms with Crippen LogP contribution >= 0.6 is 22.9 Å². The van der Waals surface area contributed by atoms with Crippen LogP contribution in [0.3, 0.4) is 0 Å². The van der Waals surface area contributed by atoms with Crippen molar-refractivity contribution in [1.29, 1.82) is 0 Å². The second-order valence-corrected chi connectivity index (χ2v) is 8.30. The highest BCUT2D eigenvalue weighted by Gasteiger charge is 2.19. The molecule has 5 nitrogen and oxygen atoms in total. The average molecular weight is 472 g/mol. The van der Waals surface area contributed by atoms with Crippen molar-refractivity contribution in [1.82, 2.24) is 0 Å². The molecule has 0 aliphatic carbocycles. The van der Waals surface area contributed by atoms with Gasteiger partial charge in [0, 0.05) is 22.1 Å². The molecule has 0 radical (unpaired) electrons. The van der Waals surface area contributed by atoms with Gasteiger partial charge in [-0.1, -0.05) is 23.7 Å². The lowest BCUT2D eigenvalue weighted by Crippen LogP contribution is -2.08. The third kappa shape index (κ3) is 6.19. The smallest absolute Gasteiger partial charge is 0.310 e. The van der Waals surface area contributed by atoms with E-state index in [2.05, 4.69) is 0 Å². The molecule has 0 aliphatic heterocycles. The van der Waals surface area contributed by atoms with E-state index in [1.54, 1.807) is 25.4 Å². The summed E-state index contributed by atoms with van der Waals surface area (Å²) in [4.78, 5) is 18.9. The molecule has 0 spiro atoms. The summed E-state index contributed by atoms with van der Waals surface area (Å²) in [6.45, 7) is 4.91. The first kappa shape index (κ1) is 24.0. The highest BCUT2D eigenvalue weighted by Crippen LogP contribution is 2.35. The van der Waals surface area contributed by atoms with E-state index in [1.165, 1.54) is 0 Å². The standard InChI is InChI=1S/C25H26ClNO4S/c1-4-30-16-27-24(17-8-12-21(29-3)13-9-17)22-14-19(15-23(28)31-5-2)25(32-22)18-6-10-20(26)11-7-18/h6-14H,4-5,15-16H2,1-3H3. The van der Waals surface area contributed by atoms with Crippen LogP contribution in [0.2, 0.25) is 5.02 Å².